The molecule has 1 aromatic rings. The molecular weight excluding hydrogens is 281 g/mol. The van der Waals surface area contributed by atoms with E-state index in [0.29, 0.717) is 16.5 Å². The number of ether oxygens (including phenoxy) is 1. The summed E-state index contributed by atoms with van der Waals surface area (Å²) in [7, 11) is 1.54. The van der Waals surface area contributed by atoms with Crippen molar-refractivity contribution in [3.63, 3.8) is 0 Å². The Kier molecular flexibility index (Phi) is 4.42. The van der Waals surface area contributed by atoms with E-state index in [-0.39, 0.29) is 10.7 Å². The van der Waals surface area contributed by atoms with Crippen molar-refractivity contribution in [2.24, 2.45) is 0 Å². The Morgan fingerprint density at radius 3 is 2.80 bits per heavy atom. The van der Waals surface area contributed by atoms with Crippen molar-refractivity contribution in [3.8, 4) is 5.75 Å². The number of anilines is 1. The number of carbonyl (C=O) groups excluding carboxylic acids is 1. The lowest BCUT2D eigenvalue weighted by Gasteiger charge is -2.11. The van der Waals surface area contributed by atoms with E-state index >= 15 is 0 Å². The van der Waals surface area contributed by atoms with Crippen molar-refractivity contribution in [2.75, 3.05) is 12.4 Å². The zero-order chi connectivity index (χ0) is 11.4. The summed E-state index contributed by atoms with van der Waals surface area (Å²) in [5, 5.41) is 3.26. The Bertz CT molecular complexity index is 368. The van der Waals surface area contributed by atoms with Gasteiger partial charge in [-0.2, -0.15) is 0 Å². The van der Waals surface area contributed by atoms with Gasteiger partial charge in [0.05, 0.1) is 17.6 Å². The quantitative estimate of drug-likeness (QED) is 0.870. The van der Waals surface area contributed by atoms with Gasteiger partial charge in [-0.1, -0.05) is 27.5 Å². The van der Waals surface area contributed by atoms with Gasteiger partial charge in [0.2, 0.25) is 5.91 Å². The molecule has 1 atom stereocenters. The number of hydrogen-bond donors (Lipinski definition) is 1. The smallest absolute Gasteiger partial charge is 0.237 e. The van der Waals surface area contributed by atoms with Gasteiger partial charge in [-0.25, -0.2) is 0 Å². The molecule has 15 heavy (non-hydrogen) atoms. The first kappa shape index (κ1) is 12.3. The minimum absolute atomic E-state index is 0.143. The highest BCUT2D eigenvalue weighted by molar-refractivity contribution is 9.10. The average molecular weight is 293 g/mol. The van der Waals surface area contributed by atoms with E-state index in [2.05, 4.69) is 21.2 Å². The van der Waals surface area contributed by atoms with Crippen LogP contribution >= 0.6 is 27.5 Å². The molecule has 5 heteroatoms. The Morgan fingerprint density at radius 2 is 2.27 bits per heavy atom. The molecule has 0 aromatic heterocycles. The lowest BCUT2D eigenvalue weighted by molar-refractivity contribution is -0.115. The maximum Gasteiger partial charge on any atom is 0.237 e. The summed E-state index contributed by atoms with van der Waals surface area (Å²) >= 11 is 8.99. The van der Waals surface area contributed by atoms with Gasteiger partial charge in [0.1, 0.15) is 5.75 Å². The monoisotopic (exact) mass is 291 g/mol. The molecule has 0 bridgehead atoms. The second-order valence-corrected chi connectivity index (χ2v) is 4.76. The molecule has 0 aliphatic rings. The second-order valence-electron chi connectivity index (χ2n) is 2.95. The third-order valence-electron chi connectivity index (χ3n) is 1.78. The summed E-state index contributed by atoms with van der Waals surface area (Å²) in [5.74, 6) is 0.441. The highest BCUT2D eigenvalue weighted by Gasteiger charge is 2.11. The number of methoxy groups -OCH3 is 1. The van der Waals surface area contributed by atoms with Crippen molar-refractivity contribution >= 4 is 39.1 Å². The van der Waals surface area contributed by atoms with E-state index in [9.17, 15) is 4.79 Å². The highest BCUT2D eigenvalue weighted by atomic mass is 79.9. The van der Waals surface area contributed by atoms with Gasteiger partial charge in [0.25, 0.3) is 0 Å². The van der Waals surface area contributed by atoms with E-state index in [4.69, 9.17) is 16.3 Å². The van der Waals surface area contributed by atoms with Crippen LogP contribution in [-0.4, -0.2) is 17.8 Å². The Balaban J connectivity index is 2.92. The van der Waals surface area contributed by atoms with Crippen LogP contribution in [-0.2, 0) is 4.79 Å². The maximum atomic E-state index is 11.4. The summed E-state index contributed by atoms with van der Waals surface area (Å²) in [6, 6.07) is 5.05. The maximum absolute atomic E-state index is 11.4. The van der Waals surface area contributed by atoms with E-state index in [1.165, 1.54) is 7.11 Å². The summed E-state index contributed by atoms with van der Waals surface area (Å²) in [6.45, 7) is 1.74. The van der Waals surface area contributed by atoms with Crippen LogP contribution in [0, 0.1) is 0 Å². The molecule has 0 fully saturated rings. The molecule has 0 saturated heterocycles. The zero-order valence-electron chi connectivity index (χ0n) is 8.38. The third-order valence-corrected chi connectivity index (χ3v) is 2.43. The molecule has 0 spiro atoms. The zero-order valence-corrected chi connectivity index (χ0v) is 10.7. The van der Waals surface area contributed by atoms with Crippen LogP contribution in [0.3, 0.4) is 0 Å². The van der Waals surface area contributed by atoms with Gasteiger partial charge in [-0.3, -0.25) is 4.79 Å². The molecule has 1 N–H and O–H groups in total. The van der Waals surface area contributed by atoms with Gasteiger partial charge in [-0.15, -0.1) is 0 Å². The topological polar surface area (TPSA) is 38.3 Å². The predicted molar refractivity (Wildman–Crippen MR) is 65.0 cm³/mol. The molecule has 0 aliphatic carbocycles. The lowest BCUT2D eigenvalue weighted by Crippen LogP contribution is -2.20. The van der Waals surface area contributed by atoms with Gasteiger partial charge in [0.15, 0.2) is 0 Å². The van der Waals surface area contributed by atoms with Crippen LogP contribution in [0.2, 0.25) is 5.02 Å². The summed E-state index contributed by atoms with van der Waals surface area (Å²) in [6.07, 6.45) is 0. The van der Waals surface area contributed by atoms with Crippen molar-refractivity contribution in [2.45, 2.75) is 11.8 Å². The van der Waals surface area contributed by atoms with Gasteiger partial charge >= 0.3 is 0 Å². The fourth-order valence-corrected chi connectivity index (χ4v) is 1.30. The molecular formula is C10H11BrClNO2. The summed E-state index contributed by atoms with van der Waals surface area (Å²) in [5.41, 5.74) is 0.571. The van der Waals surface area contributed by atoms with Crippen molar-refractivity contribution in [3.05, 3.63) is 23.2 Å². The second kappa shape index (κ2) is 5.37. The standard InChI is InChI=1S/C10H11BrClNO2/c1-6(11)10(14)13-8-5-7(12)3-4-9(8)15-2/h3-6H,1-2H3,(H,13,14)/t6-/m0/s1. The molecule has 1 amide bonds. The fourth-order valence-electron chi connectivity index (χ4n) is 1.01. The first-order valence-corrected chi connectivity index (χ1v) is 5.62. The van der Waals surface area contributed by atoms with E-state index < -0.39 is 0 Å². The predicted octanol–water partition coefficient (Wildman–Crippen LogP) is 3.07. The van der Waals surface area contributed by atoms with Gasteiger partial charge in [0, 0.05) is 5.02 Å². The Morgan fingerprint density at radius 1 is 1.60 bits per heavy atom. The SMILES string of the molecule is COc1ccc(Cl)cc1NC(=O)[C@H](C)Br. The molecule has 82 valence electrons. The number of halogens is 2. The fraction of sp³-hybridized carbons (Fsp3) is 0.300. The Hall–Kier alpha value is -0.740. The minimum atomic E-state index is -0.263. The van der Waals surface area contributed by atoms with Crippen LogP contribution in [0.25, 0.3) is 0 Å². The van der Waals surface area contributed by atoms with E-state index in [1.54, 1.807) is 25.1 Å². The van der Waals surface area contributed by atoms with Gasteiger partial charge < -0.3 is 10.1 Å². The number of alkyl halides is 1. The first-order chi connectivity index (χ1) is 7.04. The third kappa shape index (κ3) is 3.39. The summed E-state index contributed by atoms with van der Waals surface area (Å²) < 4.78 is 5.09. The molecule has 0 radical (unpaired) electrons. The Labute approximate surface area is 102 Å². The molecule has 3 nitrogen and oxygen atoms in total. The lowest BCUT2D eigenvalue weighted by atomic mass is 10.3. The number of amides is 1. The van der Waals surface area contributed by atoms with E-state index in [1.807, 2.05) is 0 Å². The molecule has 0 aliphatic heterocycles. The molecule has 0 heterocycles. The van der Waals surface area contributed by atoms with E-state index in [0.717, 1.165) is 0 Å². The van der Waals surface area contributed by atoms with Crippen molar-refractivity contribution in [1.82, 2.24) is 0 Å². The normalized spacial score (nSPS) is 12.0. The number of hydrogen-bond acceptors (Lipinski definition) is 2. The molecule has 0 unspecified atom stereocenters. The van der Waals surface area contributed by atoms with Crippen LogP contribution in [0.1, 0.15) is 6.92 Å². The van der Waals surface area contributed by atoms with Crippen molar-refractivity contribution < 1.29 is 9.53 Å². The number of rotatable bonds is 3. The summed E-state index contributed by atoms with van der Waals surface area (Å²) in [4.78, 5) is 11.2. The van der Waals surface area contributed by atoms with Crippen LogP contribution < -0.4 is 10.1 Å². The van der Waals surface area contributed by atoms with Crippen LogP contribution in [0.5, 0.6) is 5.75 Å². The largest absolute Gasteiger partial charge is 0.495 e. The number of benzene rings is 1. The molecule has 1 rings (SSSR count). The number of nitrogens with one attached hydrogen (secondary N) is 1. The van der Waals surface area contributed by atoms with Crippen molar-refractivity contribution in [1.29, 1.82) is 0 Å². The molecule has 1 aromatic carbocycles. The highest BCUT2D eigenvalue weighted by Crippen LogP contribution is 2.27. The van der Waals surface area contributed by atoms with Crippen LogP contribution in [0.15, 0.2) is 18.2 Å². The molecule has 0 saturated carbocycles. The average Bonchev–Trinajstić information content (AvgIpc) is 2.18. The minimum Gasteiger partial charge on any atom is -0.495 e. The van der Waals surface area contributed by atoms with Gasteiger partial charge in [-0.05, 0) is 25.1 Å². The van der Waals surface area contributed by atoms with Crippen LogP contribution in [0.4, 0.5) is 5.69 Å². The number of carbonyl (C=O) groups is 1. The first-order valence-electron chi connectivity index (χ1n) is 4.33.